The van der Waals surface area contributed by atoms with E-state index in [9.17, 15) is 9.59 Å². The van der Waals surface area contributed by atoms with E-state index in [2.05, 4.69) is 45.5 Å². The first-order valence-corrected chi connectivity index (χ1v) is 19.5. The first-order chi connectivity index (χ1) is 27.3. The lowest BCUT2D eigenvalue weighted by atomic mass is 10.1. The molecule has 0 amide bonds. The zero-order valence-electron chi connectivity index (χ0n) is 30.9. The van der Waals surface area contributed by atoms with E-state index >= 15 is 0 Å². The van der Waals surface area contributed by atoms with Crippen molar-refractivity contribution < 1.29 is 28.9 Å². The molecule has 288 valence electrons. The summed E-state index contributed by atoms with van der Waals surface area (Å²) in [4.78, 5) is 59.0. The van der Waals surface area contributed by atoms with Gasteiger partial charge in [0.15, 0.2) is 11.6 Å². The molecule has 0 saturated heterocycles. The molecule has 6 aromatic rings. The minimum absolute atomic E-state index is 0.126. The zero-order valence-corrected chi connectivity index (χ0v) is 32.5. The number of ether oxygens (including phenoxy) is 3. The largest absolute Gasteiger partial charge is 0.495 e. The number of aromatic nitrogens is 6. The van der Waals surface area contributed by atoms with Crippen LogP contribution in [0.4, 0.5) is 23.0 Å². The molecule has 0 atom stereocenters. The monoisotopic (exact) mass is 794 g/mol. The normalized spacial score (nSPS) is 12.3. The number of esters is 1. The van der Waals surface area contributed by atoms with E-state index < -0.39 is 5.97 Å². The molecular formula is C38H38N10O6S2. The number of aryl methyl sites for hydroxylation is 2. The van der Waals surface area contributed by atoms with Crippen LogP contribution in [0.2, 0.25) is 0 Å². The van der Waals surface area contributed by atoms with Gasteiger partial charge in [-0.05, 0) is 79.1 Å². The van der Waals surface area contributed by atoms with E-state index in [1.807, 2.05) is 36.7 Å². The van der Waals surface area contributed by atoms with Crippen LogP contribution in [-0.2, 0) is 40.3 Å². The summed E-state index contributed by atoms with van der Waals surface area (Å²) < 4.78 is 16.0. The summed E-state index contributed by atoms with van der Waals surface area (Å²) in [7, 11) is 3.27. The van der Waals surface area contributed by atoms with E-state index in [0.717, 1.165) is 59.1 Å². The number of carbonyl (C=O) groups excluding carboxylic acids is 1. The van der Waals surface area contributed by atoms with Crippen LogP contribution < -0.4 is 20.1 Å². The number of methoxy groups -OCH3 is 2. The first kappa shape index (κ1) is 38.1. The van der Waals surface area contributed by atoms with Crippen LogP contribution in [0.5, 0.6) is 11.5 Å². The second kappa shape index (κ2) is 17.5. The van der Waals surface area contributed by atoms with E-state index in [1.165, 1.54) is 35.3 Å². The fourth-order valence-corrected chi connectivity index (χ4v) is 7.95. The van der Waals surface area contributed by atoms with Crippen molar-refractivity contribution in [3.63, 3.8) is 0 Å². The van der Waals surface area contributed by atoms with Gasteiger partial charge in [-0.2, -0.15) is 0 Å². The molecule has 3 N–H and O–H groups in total. The number of nitrogens with one attached hydrogen (secondary N) is 2. The van der Waals surface area contributed by atoms with E-state index in [4.69, 9.17) is 24.3 Å². The highest BCUT2D eigenvalue weighted by Gasteiger charge is 2.18. The lowest BCUT2D eigenvalue weighted by Gasteiger charge is -2.12. The van der Waals surface area contributed by atoms with E-state index in [-0.39, 0.29) is 12.4 Å². The van der Waals surface area contributed by atoms with Crippen molar-refractivity contribution in [2.24, 2.45) is 9.98 Å². The molecule has 56 heavy (non-hydrogen) atoms. The molecular weight excluding hydrogens is 757 g/mol. The van der Waals surface area contributed by atoms with Gasteiger partial charge in [-0.15, -0.1) is 0 Å². The molecule has 18 heteroatoms. The number of carboxylic acid groups (broad SMARTS) is 1. The maximum Gasteiger partial charge on any atom is 0.305 e. The molecule has 0 saturated carbocycles. The molecule has 2 aliphatic heterocycles. The highest BCUT2D eigenvalue weighted by Crippen LogP contribution is 2.36. The lowest BCUT2D eigenvalue weighted by molar-refractivity contribution is -0.143. The Morgan fingerprint density at radius 3 is 1.70 bits per heavy atom. The second-order valence-corrected chi connectivity index (χ2v) is 14.7. The van der Waals surface area contributed by atoms with E-state index in [0.29, 0.717) is 80.2 Å². The fraction of sp³-hybridized carbons (Fsp3) is 0.316. The van der Waals surface area contributed by atoms with Gasteiger partial charge in [-0.3, -0.25) is 19.6 Å². The number of hydrogen-bond donors (Lipinski definition) is 3. The summed E-state index contributed by atoms with van der Waals surface area (Å²) in [5.74, 6) is 1.67. The third-order valence-corrected chi connectivity index (χ3v) is 10.8. The molecule has 2 aromatic carbocycles. The van der Waals surface area contributed by atoms with Crippen molar-refractivity contribution in [3.8, 4) is 11.5 Å². The first-order valence-electron chi connectivity index (χ1n) is 17.9. The summed E-state index contributed by atoms with van der Waals surface area (Å²) in [5, 5.41) is 17.2. The number of hydrogen-bond acceptors (Lipinski definition) is 17. The predicted molar refractivity (Wildman–Crippen MR) is 216 cm³/mol. The fourth-order valence-electron chi connectivity index (χ4n) is 6.06. The van der Waals surface area contributed by atoms with Crippen molar-refractivity contribution in [1.29, 1.82) is 0 Å². The van der Waals surface area contributed by atoms with Gasteiger partial charge in [0.05, 0.1) is 55.3 Å². The minimum Gasteiger partial charge on any atom is -0.495 e. The van der Waals surface area contributed by atoms with Crippen LogP contribution in [0.3, 0.4) is 0 Å². The van der Waals surface area contributed by atoms with Crippen molar-refractivity contribution in [1.82, 2.24) is 29.9 Å². The molecule has 0 fully saturated rings. The summed E-state index contributed by atoms with van der Waals surface area (Å²) in [6, 6.07) is 7.95. The molecule has 0 spiro atoms. The van der Waals surface area contributed by atoms with Gasteiger partial charge in [0.1, 0.15) is 44.8 Å². The van der Waals surface area contributed by atoms with Crippen LogP contribution in [-0.4, -0.2) is 80.2 Å². The van der Waals surface area contributed by atoms with Gasteiger partial charge in [0, 0.05) is 25.3 Å². The van der Waals surface area contributed by atoms with Crippen molar-refractivity contribution in [2.75, 3.05) is 31.5 Å². The Kier molecular flexibility index (Phi) is 12.0. The lowest BCUT2D eigenvalue weighted by Crippen LogP contribution is -2.03. The second-order valence-electron chi connectivity index (χ2n) is 12.6. The summed E-state index contributed by atoms with van der Waals surface area (Å²) in [6.07, 6.45) is 9.76. The quantitative estimate of drug-likeness (QED) is 0.0911. The Balaban J connectivity index is 0.000000172. The smallest absolute Gasteiger partial charge is 0.305 e. The predicted octanol–water partition coefficient (Wildman–Crippen LogP) is 6.84. The van der Waals surface area contributed by atoms with Gasteiger partial charge >= 0.3 is 11.9 Å². The molecule has 0 radical (unpaired) electrons. The van der Waals surface area contributed by atoms with Crippen LogP contribution in [0.25, 0.3) is 20.7 Å². The number of rotatable bonds is 15. The maximum atomic E-state index is 11.5. The Morgan fingerprint density at radius 2 is 1.23 bits per heavy atom. The van der Waals surface area contributed by atoms with Crippen molar-refractivity contribution in [3.05, 3.63) is 69.2 Å². The van der Waals surface area contributed by atoms with Gasteiger partial charge < -0.3 is 30.0 Å². The molecule has 6 heterocycles. The van der Waals surface area contributed by atoms with Gasteiger partial charge in [-0.25, -0.2) is 29.9 Å². The number of benzene rings is 2. The van der Waals surface area contributed by atoms with Crippen molar-refractivity contribution in [2.45, 2.75) is 58.5 Å². The number of thiazole rings is 2. The summed E-state index contributed by atoms with van der Waals surface area (Å²) in [6.45, 7) is 3.55. The third kappa shape index (κ3) is 8.87. The van der Waals surface area contributed by atoms with Crippen LogP contribution in [0, 0.1) is 0 Å². The van der Waals surface area contributed by atoms with Gasteiger partial charge in [0.25, 0.3) is 0 Å². The van der Waals surface area contributed by atoms with Gasteiger partial charge in [-0.1, -0.05) is 22.7 Å². The Hall–Kier alpha value is -6.14. The van der Waals surface area contributed by atoms with Crippen LogP contribution in [0.15, 0.2) is 46.9 Å². The topological polar surface area (TPSA) is 208 Å². The molecule has 0 unspecified atom stereocenters. The van der Waals surface area contributed by atoms with Gasteiger partial charge in [0.2, 0.25) is 0 Å². The highest BCUT2D eigenvalue weighted by molar-refractivity contribution is 7.18. The van der Waals surface area contributed by atoms with Crippen LogP contribution in [0.1, 0.15) is 64.9 Å². The molecule has 0 bridgehead atoms. The average molecular weight is 795 g/mol. The SMILES string of the molecule is CCOC(=O)CCCc1nc2c(Nc3cc4c(cc3OC)CN=C4)ncnc2s1.COc1cc2c(cc1Nc1ncnc3sc(CCCC(=O)O)nc13)C=NC2. The number of anilines is 4. The Labute approximate surface area is 329 Å². The number of fused-ring (bicyclic) bond motifs is 4. The molecule has 0 aliphatic carbocycles. The number of aliphatic carboxylic acids is 1. The molecule has 8 rings (SSSR count). The van der Waals surface area contributed by atoms with E-state index in [1.54, 1.807) is 21.1 Å². The minimum atomic E-state index is -0.800. The summed E-state index contributed by atoms with van der Waals surface area (Å²) in [5.41, 5.74) is 7.34. The molecule has 16 nitrogen and oxygen atoms in total. The third-order valence-electron chi connectivity index (χ3n) is 8.75. The standard InChI is InChI=1S/C20H21N5O3S.C18H17N5O3S/c1-3-28-17(26)6-4-5-16-25-18-19(22-11-23-20(18)29-16)24-14-7-12-9-21-10-13(12)8-15(14)27-2;1-26-13-6-11-8-19-7-10(11)5-12(13)22-17-16-18(21-9-20-17)27-14(23-16)3-2-4-15(24)25/h7-9,11H,3-6,10H2,1-2H3,(H,22,23,24);5-7,9H,2-4,8H2,1H3,(H,24,25)(H,20,21,22). The van der Waals surface area contributed by atoms with Crippen LogP contribution >= 0.6 is 22.7 Å². The Morgan fingerprint density at radius 1 is 0.732 bits per heavy atom. The maximum absolute atomic E-state index is 11.5. The highest BCUT2D eigenvalue weighted by atomic mass is 32.1. The Bertz CT molecular complexity index is 2470. The molecule has 4 aromatic heterocycles. The summed E-state index contributed by atoms with van der Waals surface area (Å²) >= 11 is 2.97. The average Bonchev–Trinajstić information content (AvgIpc) is 4.01. The number of carboxylic acids is 1. The molecule has 2 aliphatic rings. The van der Waals surface area contributed by atoms with Crippen molar-refractivity contribution >= 4 is 90.7 Å². The number of nitrogens with zero attached hydrogens (tertiary/aromatic N) is 8. The number of aliphatic imine (C=N–C) groups is 2. The zero-order chi connectivity index (χ0) is 39.0. The number of carbonyl (C=O) groups is 2.